The Morgan fingerprint density at radius 1 is 1.64 bits per heavy atom. The lowest BCUT2D eigenvalue weighted by Gasteiger charge is -2.08. The molecular formula is C10H15BrN2O. The average molecular weight is 259 g/mol. The molecule has 1 saturated heterocycles. The number of hydrogen-bond acceptors (Lipinski definition) is 2. The van der Waals surface area contributed by atoms with Crippen LogP contribution in [0.4, 0.5) is 0 Å². The molecule has 1 fully saturated rings. The molecule has 0 aliphatic carbocycles. The number of aromatic nitrogens is 2. The van der Waals surface area contributed by atoms with Crippen molar-refractivity contribution in [3.63, 3.8) is 0 Å². The number of aryl methyl sites for hydroxylation is 2. The van der Waals surface area contributed by atoms with Gasteiger partial charge in [0.15, 0.2) is 0 Å². The Bertz CT molecular complexity index is 304. The van der Waals surface area contributed by atoms with Crippen LogP contribution in [0.25, 0.3) is 0 Å². The Kier molecular flexibility index (Phi) is 2.93. The van der Waals surface area contributed by atoms with E-state index in [1.165, 1.54) is 11.4 Å². The van der Waals surface area contributed by atoms with Gasteiger partial charge in [-0.2, -0.15) is 5.10 Å². The van der Waals surface area contributed by atoms with Gasteiger partial charge in [-0.25, -0.2) is 0 Å². The monoisotopic (exact) mass is 258 g/mol. The van der Waals surface area contributed by atoms with Gasteiger partial charge in [0, 0.05) is 23.5 Å². The van der Waals surface area contributed by atoms with Gasteiger partial charge in [0.25, 0.3) is 0 Å². The molecule has 0 aromatic carbocycles. The van der Waals surface area contributed by atoms with Gasteiger partial charge in [-0.05, 0) is 19.4 Å². The summed E-state index contributed by atoms with van der Waals surface area (Å²) >= 11 is 3.63. The van der Waals surface area contributed by atoms with Crippen molar-refractivity contribution >= 4 is 15.9 Å². The van der Waals surface area contributed by atoms with Crippen LogP contribution in [0, 0.1) is 12.8 Å². The smallest absolute Gasteiger partial charge is 0.0631 e. The van der Waals surface area contributed by atoms with Crippen LogP contribution < -0.4 is 0 Å². The molecule has 0 spiro atoms. The van der Waals surface area contributed by atoms with E-state index < -0.39 is 0 Å². The van der Waals surface area contributed by atoms with Gasteiger partial charge in [0.1, 0.15) is 0 Å². The molecule has 4 heteroatoms. The molecule has 0 saturated carbocycles. The summed E-state index contributed by atoms with van der Waals surface area (Å²) in [5.41, 5.74) is 2.38. The molecule has 2 heterocycles. The van der Waals surface area contributed by atoms with E-state index in [9.17, 15) is 0 Å². The maximum Gasteiger partial charge on any atom is 0.0631 e. The fourth-order valence-corrected chi connectivity index (χ4v) is 2.29. The summed E-state index contributed by atoms with van der Waals surface area (Å²) in [4.78, 5) is 0.491. The summed E-state index contributed by atoms with van der Waals surface area (Å²) < 4.78 is 7.32. The van der Waals surface area contributed by atoms with Crippen LogP contribution >= 0.6 is 15.9 Å². The highest BCUT2D eigenvalue weighted by Crippen LogP contribution is 2.24. The molecule has 0 bridgehead atoms. The molecule has 78 valence electrons. The second-order valence-electron chi connectivity index (χ2n) is 3.92. The van der Waals surface area contributed by atoms with Crippen LogP contribution in [0.2, 0.25) is 0 Å². The molecule has 0 N–H and O–H groups in total. The van der Waals surface area contributed by atoms with Crippen molar-refractivity contribution in [2.24, 2.45) is 13.0 Å². The van der Waals surface area contributed by atoms with E-state index in [0.29, 0.717) is 10.7 Å². The lowest BCUT2D eigenvalue weighted by atomic mass is 10.0. The average Bonchev–Trinajstić information content (AvgIpc) is 2.63. The Labute approximate surface area is 92.6 Å². The van der Waals surface area contributed by atoms with Crippen molar-refractivity contribution in [1.82, 2.24) is 9.78 Å². The molecule has 3 nitrogen and oxygen atoms in total. The maximum atomic E-state index is 5.40. The second kappa shape index (κ2) is 4.03. The maximum absolute atomic E-state index is 5.40. The van der Waals surface area contributed by atoms with Crippen LogP contribution in [-0.4, -0.2) is 27.8 Å². The minimum atomic E-state index is 0.491. The molecule has 0 radical (unpaired) electrons. The van der Waals surface area contributed by atoms with Gasteiger partial charge in [0.05, 0.1) is 18.9 Å². The normalized spacial score (nSPS) is 27.1. The zero-order valence-electron chi connectivity index (χ0n) is 8.53. The predicted molar refractivity (Wildman–Crippen MR) is 58.7 cm³/mol. The minimum absolute atomic E-state index is 0.491. The fourth-order valence-electron chi connectivity index (χ4n) is 1.76. The van der Waals surface area contributed by atoms with Crippen LogP contribution in [-0.2, 0) is 18.2 Å². The van der Waals surface area contributed by atoms with Crippen molar-refractivity contribution in [3.8, 4) is 0 Å². The molecule has 2 atom stereocenters. The lowest BCUT2D eigenvalue weighted by Crippen LogP contribution is -2.14. The molecular weight excluding hydrogens is 244 g/mol. The number of nitrogens with zero attached hydrogens (tertiary/aromatic N) is 2. The molecule has 1 aliphatic rings. The quantitative estimate of drug-likeness (QED) is 0.755. The molecule has 1 aromatic heterocycles. The largest absolute Gasteiger partial charge is 0.380 e. The molecule has 0 amide bonds. The Hall–Kier alpha value is -0.350. The third-order valence-electron chi connectivity index (χ3n) is 2.76. The summed E-state index contributed by atoms with van der Waals surface area (Å²) in [5.74, 6) is 0.573. The van der Waals surface area contributed by atoms with Gasteiger partial charge < -0.3 is 4.74 Å². The summed E-state index contributed by atoms with van der Waals surface area (Å²) in [5, 5.41) is 4.45. The van der Waals surface area contributed by atoms with Crippen LogP contribution in [0.3, 0.4) is 0 Å². The lowest BCUT2D eigenvalue weighted by molar-refractivity contribution is 0.186. The van der Waals surface area contributed by atoms with E-state index in [2.05, 4.69) is 34.0 Å². The number of ether oxygens (including phenoxy) is 1. The Morgan fingerprint density at radius 2 is 2.43 bits per heavy atom. The van der Waals surface area contributed by atoms with Crippen LogP contribution in [0.15, 0.2) is 6.07 Å². The summed E-state index contributed by atoms with van der Waals surface area (Å²) in [6.07, 6.45) is 1.01. The van der Waals surface area contributed by atoms with Crippen molar-refractivity contribution in [2.45, 2.75) is 18.2 Å². The van der Waals surface area contributed by atoms with Gasteiger partial charge in [-0.3, -0.25) is 4.68 Å². The molecule has 1 aliphatic heterocycles. The first kappa shape index (κ1) is 10.2. The van der Waals surface area contributed by atoms with Crippen molar-refractivity contribution in [2.75, 3.05) is 13.2 Å². The van der Waals surface area contributed by atoms with Crippen LogP contribution in [0.1, 0.15) is 11.4 Å². The first-order valence-corrected chi connectivity index (χ1v) is 5.79. The number of alkyl halides is 1. The third-order valence-corrected chi connectivity index (χ3v) is 3.77. The Balaban J connectivity index is 2.03. The minimum Gasteiger partial charge on any atom is -0.380 e. The first-order valence-electron chi connectivity index (χ1n) is 4.88. The fraction of sp³-hybridized carbons (Fsp3) is 0.700. The predicted octanol–water partition coefficient (Wildman–Crippen LogP) is 1.68. The van der Waals surface area contributed by atoms with Crippen LogP contribution in [0.5, 0.6) is 0 Å². The second-order valence-corrected chi connectivity index (χ2v) is 5.09. The highest BCUT2D eigenvalue weighted by molar-refractivity contribution is 9.09. The highest BCUT2D eigenvalue weighted by Gasteiger charge is 2.26. The van der Waals surface area contributed by atoms with Gasteiger partial charge in [-0.1, -0.05) is 15.9 Å². The summed E-state index contributed by atoms with van der Waals surface area (Å²) in [6, 6.07) is 2.15. The zero-order chi connectivity index (χ0) is 10.1. The van der Waals surface area contributed by atoms with E-state index in [4.69, 9.17) is 4.74 Å². The third kappa shape index (κ3) is 2.01. The van der Waals surface area contributed by atoms with Crippen molar-refractivity contribution < 1.29 is 4.74 Å². The Morgan fingerprint density at radius 3 is 2.93 bits per heavy atom. The number of halogens is 1. The van der Waals surface area contributed by atoms with Gasteiger partial charge in [-0.15, -0.1) is 0 Å². The molecule has 2 unspecified atom stereocenters. The summed E-state index contributed by atoms with van der Waals surface area (Å²) in [7, 11) is 1.98. The van der Waals surface area contributed by atoms with E-state index in [1.54, 1.807) is 0 Å². The standard InChI is InChI=1S/C10H15BrN2O/c1-7-3-9(12-13(7)2)4-8-5-14-6-10(8)11/h3,8,10H,4-6H2,1-2H3. The van der Waals surface area contributed by atoms with Gasteiger partial charge >= 0.3 is 0 Å². The molecule has 2 rings (SSSR count). The SMILES string of the molecule is Cc1cc(CC2COCC2Br)nn1C. The summed E-state index contributed by atoms with van der Waals surface area (Å²) in [6.45, 7) is 3.76. The molecule has 14 heavy (non-hydrogen) atoms. The van der Waals surface area contributed by atoms with Crippen molar-refractivity contribution in [3.05, 3.63) is 17.5 Å². The van der Waals surface area contributed by atoms with Crippen molar-refractivity contribution in [1.29, 1.82) is 0 Å². The number of hydrogen-bond donors (Lipinski definition) is 0. The zero-order valence-corrected chi connectivity index (χ0v) is 10.1. The van der Waals surface area contributed by atoms with Gasteiger partial charge in [0.2, 0.25) is 0 Å². The van der Waals surface area contributed by atoms with E-state index in [1.807, 2.05) is 11.7 Å². The molecule has 1 aromatic rings. The number of rotatable bonds is 2. The topological polar surface area (TPSA) is 27.1 Å². The van der Waals surface area contributed by atoms with E-state index >= 15 is 0 Å². The van der Waals surface area contributed by atoms with E-state index in [-0.39, 0.29) is 0 Å². The first-order chi connectivity index (χ1) is 6.66. The van der Waals surface area contributed by atoms with E-state index in [0.717, 1.165) is 19.6 Å². The highest BCUT2D eigenvalue weighted by atomic mass is 79.9.